The Bertz CT molecular complexity index is 718. The molecule has 1 aliphatic heterocycles. The van der Waals surface area contributed by atoms with Crippen LogP contribution < -0.4 is 4.74 Å². The van der Waals surface area contributed by atoms with Gasteiger partial charge in [-0.1, -0.05) is 24.3 Å². The van der Waals surface area contributed by atoms with E-state index in [0.29, 0.717) is 22.4 Å². The third-order valence-electron chi connectivity index (χ3n) is 3.22. The number of amides is 2. The molecule has 3 rings (SSSR count). The Morgan fingerprint density at radius 2 is 1.52 bits per heavy atom. The Labute approximate surface area is 121 Å². The molecular weight excluding hydrogens is 268 g/mol. The Morgan fingerprint density at radius 1 is 0.952 bits per heavy atom. The van der Waals surface area contributed by atoms with Gasteiger partial charge >= 0.3 is 0 Å². The second-order valence-electron chi connectivity index (χ2n) is 4.45. The quantitative estimate of drug-likeness (QED) is 0.640. The molecule has 104 valence electrons. The van der Waals surface area contributed by atoms with Crippen LogP contribution in [0.25, 0.3) is 0 Å². The minimum atomic E-state index is -0.415. The molecule has 2 aromatic carbocycles. The van der Waals surface area contributed by atoms with Crippen LogP contribution in [-0.4, -0.2) is 30.1 Å². The zero-order chi connectivity index (χ0) is 14.8. The highest BCUT2D eigenvalue weighted by molar-refractivity contribution is 6.21. The van der Waals surface area contributed by atoms with Crippen molar-refractivity contribution < 1.29 is 14.3 Å². The number of rotatable bonds is 3. The molecule has 0 aromatic heterocycles. The van der Waals surface area contributed by atoms with E-state index in [1.54, 1.807) is 43.5 Å². The first-order valence-corrected chi connectivity index (χ1v) is 6.37. The van der Waals surface area contributed by atoms with Crippen LogP contribution >= 0.6 is 0 Å². The van der Waals surface area contributed by atoms with Crippen LogP contribution in [0.2, 0.25) is 0 Å². The summed E-state index contributed by atoms with van der Waals surface area (Å²) in [7, 11) is 1.55. The summed E-state index contributed by atoms with van der Waals surface area (Å²) in [5, 5.41) is 4.88. The molecule has 1 heterocycles. The lowest BCUT2D eigenvalue weighted by molar-refractivity contribution is 0.0660. The number of ether oxygens (including phenoxy) is 1. The average Bonchev–Trinajstić information content (AvgIpc) is 2.78. The van der Waals surface area contributed by atoms with Crippen LogP contribution in [0.3, 0.4) is 0 Å². The fourth-order valence-electron chi connectivity index (χ4n) is 2.17. The number of hydrogen-bond acceptors (Lipinski definition) is 4. The van der Waals surface area contributed by atoms with E-state index in [-0.39, 0.29) is 0 Å². The Kier molecular flexibility index (Phi) is 3.23. The SMILES string of the molecule is COc1ccccc1/C=N\N1C(=O)c2ccccc2C1=O. The van der Waals surface area contributed by atoms with Gasteiger partial charge in [0.05, 0.1) is 24.5 Å². The number of para-hydroxylation sites is 1. The molecule has 0 unspecified atom stereocenters. The molecule has 1 aliphatic rings. The molecule has 0 saturated heterocycles. The van der Waals surface area contributed by atoms with Gasteiger partial charge in [0.2, 0.25) is 0 Å². The number of hydrazone groups is 1. The fourth-order valence-corrected chi connectivity index (χ4v) is 2.17. The van der Waals surface area contributed by atoms with Gasteiger partial charge in [-0.3, -0.25) is 9.59 Å². The first-order valence-electron chi connectivity index (χ1n) is 6.37. The van der Waals surface area contributed by atoms with Gasteiger partial charge in [0, 0.05) is 5.56 Å². The summed E-state index contributed by atoms with van der Waals surface area (Å²) in [6, 6.07) is 13.9. The van der Waals surface area contributed by atoms with Gasteiger partial charge in [0.25, 0.3) is 11.8 Å². The number of fused-ring (bicyclic) bond motifs is 1. The van der Waals surface area contributed by atoms with Gasteiger partial charge in [-0.05, 0) is 24.3 Å². The van der Waals surface area contributed by atoms with Gasteiger partial charge < -0.3 is 4.74 Å². The van der Waals surface area contributed by atoms with E-state index in [9.17, 15) is 9.59 Å². The summed E-state index contributed by atoms with van der Waals surface area (Å²) in [6.07, 6.45) is 1.44. The molecule has 0 atom stereocenters. The minimum Gasteiger partial charge on any atom is -0.496 e. The van der Waals surface area contributed by atoms with E-state index in [2.05, 4.69) is 5.10 Å². The number of carbonyl (C=O) groups is 2. The number of carbonyl (C=O) groups excluding carboxylic acids is 2. The third kappa shape index (κ3) is 2.18. The number of hydrogen-bond donors (Lipinski definition) is 0. The molecule has 5 nitrogen and oxygen atoms in total. The zero-order valence-corrected chi connectivity index (χ0v) is 11.3. The van der Waals surface area contributed by atoms with Crippen molar-refractivity contribution in [3.63, 3.8) is 0 Å². The summed E-state index contributed by atoms with van der Waals surface area (Å²) in [5.41, 5.74) is 1.44. The van der Waals surface area contributed by atoms with Crippen LogP contribution in [0.4, 0.5) is 0 Å². The van der Waals surface area contributed by atoms with E-state index in [0.717, 1.165) is 5.01 Å². The van der Waals surface area contributed by atoms with Crippen LogP contribution in [-0.2, 0) is 0 Å². The standard InChI is InChI=1S/C16H12N2O3/c1-21-14-9-5-2-6-11(14)10-17-18-15(19)12-7-3-4-8-13(12)16(18)20/h2-10H,1H3/b17-10-. The molecule has 0 aliphatic carbocycles. The summed E-state index contributed by atoms with van der Waals surface area (Å²) >= 11 is 0. The lowest BCUT2D eigenvalue weighted by Gasteiger charge is -2.07. The van der Waals surface area contributed by atoms with Crippen molar-refractivity contribution in [3.05, 3.63) is 65.2 Å². The van der Waals surface area contributed by atoms with E-state index in [1.165, 1.54) is 6.21 Å². The van der Waals surface area contributed by atoms with E-state index < -0.39 is 11.8 Å². The lowest BCUT2D eigenvalue weighted by atomic mass is 10.1. The van der Waals surface area contributed by atoms with Crippen molar-refractivity contribution in [1.29, 1.82) is 0 Å². The van der Waals surface area contributed by atoms with Crippen LogP contribution in [0, 0.1) is 0 Å². The minimum absolute atomic E-state index is 0.375. The Balaban J connectivity index is 1.92. The summed E-state index contributed by atoms with van der Waals surface area (Å²) < 4.78 is 5.20. The van der Waals surface area contributed by atoms with Gasteiger partial charge in [-0.2, -0.15) is 10.1 Å². The Morgan fingerprint density at radius 3 is 2.14 bits per heavy atom. The number of imide groups is 1. The monoisotopic (exact) mass is 280 g/mol. The largest absolute Gasteiger partial charge is 0.496 e. The first-order chi connectivity index (χ1) is 10.2. The number of nitrogens with zero attached hydrogens (tertiary/aromatic N) is 2. The predicted molar refractivity (Wildman–Crippen MR) is 77.5 cm³/mol. The highest BCUT2D eigenvalue weighted by Crippen LogP contribution is 2.23. The highest BCUT2D eigenvalue weighted by atomic mass is 16.5. The van der Waals surface area contributed by atoms with Crippen molar-refractivity contribution in [2.75, 3.05) is 7.11 Å². The number of benzene rings is 2. The molecule has 0 saturated carbocycles. The van der Waals surface area contributed by atoms with Crippen molar-refractivity contribution in [2.24, 2.45) is 5.10 Å². The molecule has 2 aromatic rings. The normalized spacial score (nSPS) is 13.9. The van der Waals surface area contributed by atoms with Crippen molar-refractivity contribution >= 4 is 18.0 Å². The molecule has 0 radical (unpaired) electrons. The van der Waals surface area contributed by atoms with Crippen LogP contribution in [0.1, 0.15) is 26.3 Å². The highest BCUT2D eigenvalue weighted by Gasteiger charge is 2.35. The second-order valence-corrected chi connectivity index (χ2v) is 4.45. The smallest absolute Gasteiger partial charge is 0.282 e. The molecule has 0 fully saturated rings. The topological polar surface area (TPSA) is 59.0 Å². The average molecular weight is 280 g/mol. The maximum absolute atomic E-state index is 12.1. The van der Waals surface area contributed by atoms with Crippen LogP contribution in [0.5, 0.6) is 5.75 Å². The zero-order valence-electron chi connectivity index (χ0n) is 11.3. The molecule has 0 N–H and O–H groups in total. The lowest BCUT2D eigenvalue weighted by Crippen LogP contribution is -2.24. The third-order valence-corrected chi connectivity index (χ3v) is 3.22. The first kappa shape index (κ1) is 13.1. The van der Waals surface area contributed by atoms with Gasteiger partial charge in [-0.15, -0.1) is 0 Å². The van der Waals surface area contributed by atoms with Crippen molar-refractivity contribution in [1.82, 2.24) is 5.01 Å². The van der Waals surface area contributed by atoms with E-state index in [1.807, 2.05) is 12.1 Å². The predicted octanol–water partition coefficient (Wildman–Crippen LogP) is 2.33. The van der Waals surface area contributed by atoms with Crippen LogP contribution in [0.15, 0.2) is 53.6 Å². The maximum Gasteiger partial charge on any atom is 0.282 e. The fraction of sp³-hybridized carbons (Fsp3) is 0.0625. The summed E-state index contributed by atoms with van der Waals surface area (Å²) in [6.45, 7) is 0. The molecule has 2 amide bonds. The van der Waals surface area contributed by atoms with Gasteiger partial charge in [-0.25, -0.2) is 0 Å². The number of methoxy groups -OCH3 is 1. The molecule has 0 spiro atoms. The Hall–Kier alpha value is -2.95. The summed E-state index contributed by atoms with van der Waals surface area (Å²) in [5.74, 6) is -0.207. The summed E-state index contributed by atoms with van der Waals surface area (Å²) in [4.78, 5) is 24.3. The van der Waals surface area contributed by atoms with E-state index >= 15 is 0 Å². The molecule has 5 heteroatoms. The molecule has 0 bridgehead atoms. The molecular formula is C16H12N2O3. The van der Waals surface area contributed by atoms with Gasteiger partial charge in [0.1, 0.15) is 5.75 Å². The van der Waals surface area contributed by atoms with E-state index in [4.69, 9.17) is 4.74 Å². The van der Waals surface area contributed by atoms with Crippen molar-refractivity contribution in [3.8, 4) is 5.75 Å². The van der Waals surface area contributed by atoms with Gasteiger partial charge in [0.15, 0.2) is 0 Å². The maximum atomic E-state index is 12.1. The second kappa shape index (κ2) is 5.20. The van der Waals surface area contributed by atoms with Crippen molar-refractivity contribution in [2.45, 2.75) is 0 Å². The molecule has 21 heavy (non-hydrogen) atoms.